The van der Waals surface area contributed by atoms with E-state index in [1.165, 1.54) is 24.0 Å². The Kier molecular flexibility index (Phi) is 4.27. The van der Waals surface area contributed by atoms with Crippen molar-refractivity contribution in [2.24, 2.45) is 5.73 Å². The number of benzene rings is 1. The molecule has 0 aromatic heterocycles. The average molecular weight is 288 g/mol. The van der Waals surface area contributed by atoms with Crippen LogP contribution in [0.15, 0.2) is 18.2 Å². The van der Waals surface area contributed by atoms with Gasteiger partial charge in [0.05, 0.1) is 6.10 Å². The summed E-state index contributed by atoms with van der Waals surface area (Å²) in [5.74, 6) is 0.193. The number of fused-ring (bicyclic) bond motifs is 1. The van der Waals surface area contributed by atoms with Gasteiger partial charge in [-0.1, -0.05) is 12.1 Å². The lowest BCUT2D eigenvalue weighted by Crippen LogP contribution is -2.31. The molecule has 2 unspecified atom stereocenters. The first kappa shape index (κ1) is 14.5. The van der Waals surface area contributed by atoms with Gasteiger partial charge < -0.3 is 15.4 Å². The summed E-state index contributed by atoms with van der Waals surface area (Å²) in [5.41, 5.74) is 9.77. The van der Waals surface area contributed by atoms with Crippen LogP contribution in [0.4, 0.5) is 5.69 Å². The normalized spacial score (nSPS) is 23.2. The number of aryl methyl sites for hydroxylation is 1. The zero-order valence-corrected chi connectivity index (χ0v) is 12.7. The van der Waals surface area contributed by atoms with Crippen molar-refractivity contribution in [3.63, 3.8) is 0 Å². The number of anilines is 1. The Hall–Kier alpha value is -1.39. The maximum absolute atomic E-state index is 11.7. The fourth-order valence-corrected chi connectivity index (χ4v) is 3.31. The van der Waals surface area contributed by atoms with Crippen LogP contribution < -0.4 is 10.6 Å². The van der Waals surface area contributed by atoms with E-state index in [1.54, 1.807) is 4.90 Å². The third-order valence-electron chi connectivity index (χ3n) is 4.70. The lowest BCUT2D eigenvalue weighted by molar-refractivity contribution is -0.118. The highest BCUT2D eigenvalue weighted by molar-refractivity contribution is 5.95. The van der Waals surface area contributed by atoms with Crippen molar-refractivity contribution in [1.82, 2.24) is 0 Å². The van der Waals surface area contributed by atoms with Crippen molar-refractivity contribution in [3.8, 4) is 0 Å². The molecule has 1 fully saturated rings. The first-order valence-electron chi connectivity index (χ1n) is 7.91. The molecule has 4 heteroatoms. The van der Waals surface area contributed by atoms with Crippen LogP contribution in [0.5, 0.6) is 0 Å². The average Bonchev–Trinajstić information content (AvgIpc) is 3.01. The molecule has 4 nitrogen and oxygen atoms in total. The van der Waals surface area contributed by atoms with Crippen LogP contribution in [0.3, 0.4) is 0 Å². The molecule has 3 rings (SSSR count). The molecule has 1 amide bonds. The molecule has 2 aliphatic heterocycles. The minimum atomic E-state index is 0.0578. The molecule has 0 bridgehead atoms. The lowest BCUT2D eigenvalue weighted by atomic mass is 9.94. The van der Waals surface area contributed by atoms with E-state index in [4.69, 9.17) is 10.5 Å². The molecule has 0 radical (unpaired) electrons. The lowest BCUT2D eigenvalue weighted by Gasteiger charge is -2.27. The fourth-order valence-electron chi connectivity index (χ4n) is 3.31. The van der Waals surface area contributed by atoms with E-state index in [1.807, 2.05) is 13.1 Å². The third-order valence-corrected chi connectivity index (χ3v) is 4.70. The topological polar surface area (TPSA) is 55.6 Å². The van der Waals surface area contributed by atoms with Gasteiger partial charge in [-0.25, -0.2) is 0 Å². The number of amides is 1. The Balaban J connectivity index is 1.66. The minimum absolute atomic E-state index is 0.0578. The zero-order chi connectivity index (χ0) is 14.8. The summed E-state index contributed by atoms with van der Waals surface area (Å²) in [7, 11) is 1.84. The van der Waals surface area contributed by atoms with Crippen LogP contribution in [0.2, 0.25) is 0 Å². The summed E-state index contributed by atoms with van der Waals surface area (Å²) in [4.78, 5) is 13.5. The molecule has 1 aromatic rings. The Bertz CT molecular complexity index is 524. The molecular weight excluding hydrogens is 264 g/mol. The largest absolute Gasteiger partial charge is 0.378 e. The van der Waals surface area contributed by atoms with E-state index in [9.17, 15) is 4.79 Å². The van der Waals surface area contributed by atoms with Crippen LogP contribution >= 0.6 is 0 Å². The molecule has 0 spiro atoms. The number of rotatable bonds is 4. The standard InChI is InChI=1S/C17H24N2O2/c1-19-16-8-4-12(11-13(16)5-9-17(19)20)15(18)7-6-14-3-2-10-21-14/h4,8,11,14-15H,2-3,5-7,9-10,18H2,1H3. The molecule has 0 aliphatic carbocycles. The van der Waals surface area contributed by atoms with Crippen LogP contribution in [-0.4, -0.2) is 25.7 Å². The summed E-state index contributed by atoms with van der Waals surface area (Å²) in [5, 5.41) is 0. The third kappa shape index (κ3) is 3.11. The predicted molar refractivity (Wildman–Crippen MR) is 83.3 cm³/mol. The summed E-state index contributed by atoms with van der Waals surface area (Å²) in [6, 6.07) is 6.34. The Labute approximate surface area is 126 Å². The van der Waals surface area contributed by atoms with Gasteiger partial charge in [-0.05, 0) is 49.3 Å². The number of carbonyl (C=O) groups is 1. The summed E-state index contributed by atoms with van der Waals surface area (Å²) >= 11 is 0. The number of nitrogens with zero attached hydrogens (tertiary/aromatic N) is 1. The molecule has 0 saturated carbocycles. The van der Waals surface area contributed by atoms with Crippen LogP contribution in [0.25, 0.3) is 0 Å². The number of ether oxygens (including phenoxy) is 1. The smallest absolute Gasteiger partial charge is 0.227 e. The van der Waals surface area contributed by atoms with E-state index in [2.05, 4.69) is 12.1 Å². The molecule has 2 aliphatic rings. The highest BCUT2D eigenvalue weighted by Crippen LogP contribution is 2.30. The van der Waals surface area contributed by atoms with Crippen molar-refractivity contribution >= 4 is 11.6 Å². The first-order valence-corrected chi connectivity index (χ1v) is 7.91. The summed E-state index contributed by atoms with van der Waals surface area (Å²) in [6.07, 6.45) is 6.16. The van der Waals surface area contributed by atoms with Crippen molar-refractivity contribution in [3.05, 3.63) is 29.3 Å². The van der Waals surface area contributed by atoms with Crippen molar-refractivity contribution in [1.29, 1.82) is 0 Å². The van der Waals surface area contributed by atoms with Gasteiger partial charge in [-0.15, -0.1) is 0 Å². The second-order valence-corrected chi connectivity index (χ2v) is 6.16. The molecule has 2 atom stereocenters. The Morgan fingerprint density at radius 2 is 2.29 bits per heavy atom. The highest BCUT2D eigenvalue weighted by atomic mass is 16.5. The second-order valence-electron chi connectivity index (χ2n) is 6.16. The second kappa shape index (κ2) is 6.16. The van der Waals surface area contributed by atoms with E-state index in [0.717, 1.165) is 31.6 Å². The van der Waals surface area contributed by atoms with Crippen molar-refractivity contribution in [2.75, 3.05) is 18.6 Å². The fraction of sp³-hybridized carbons (Fsp3) is 0.588. The molecular formula is C17H24N2O2. The maximum Gasteiger partial charge on any atom is 0.227 e. The number of hydrogen-bond acceptors (Lipinski definition) is 3. The Morgan fingerprint density at radius 1 is 1.43 bits per heavy atom. The van der Waals surface area contributed by atoms with Crippen molar-refractivity contribution < 1.29 is 9.53 Å². The van der Waals surface area contributed by atoms with Gasteiger partial charge in [0.2, 0.25) is 5.91 Å². The number of nitrogens with two attached hydrogens (primary N) is 1. The molecule has 114 valence electrons. The predicted octanol–water partition coefficient (Wildman–Crippen LogP) is 2.55. The molecule has 1 saturated heterocycles. The molecule has 1 aromatic carbocycles. The van der Waals surface area contributed by atoms with E-state index >= 15 is 0 Å². The van der Waals surface area contributed by atoms with E-state index in [-0.39, 0.29) is 11.9 Å². The van der Waals surface area contributed by atoms with Gasteiger partial charge in [-0.2, -0.15) is 0 Å². The van der Waals surface area contributed by atoms with E-state index in [0.29, 0.717) is 12.5 Å². The molecule has 2 N–H and O–H groups in total. The van der Waals surface area contributed by atoms with E-state index < -0.39 is 0 Å². The van der Waals surface area contributed by atoms with Crippen molar-refractivity contribution in [2.45, 2.75) is 50.7 Å². The van der Waals surface area contributed by atoms with Gasteiger partial charge in [0, 0.05) is 31.8 Å². The highest BCUT2D eigenvalue weighted by Gasteiger charge is 2.22. The van der Waals surface area contributed by atoms with Gasteiger partial charge in [-0.3, -0.25) is 4.79 Å². The number of hydrogen-bond donors (Lipinski definition) is 1. The molecule has 2 heterocycles. The van der Waals surface area contributed by atoms with Gasteiger partial charge in [0.25, 0.3) is 0 Å². The Morgan fingerprint density at radius 3 is 3.05 bits per heavy atom. The van der Waals surface area contributed by atoms with Gasteiger partial charge in [0.1, 0.15) is 0 Å². The van der Waals surface area contributed by atoms with Crippen LogP contribution in [0, 0.1) is 0 Å². The monoisotopic (exact) mass is 288 g/mol. The zero-order valence-electron chi connectivity index (χ0n) is 12.7. The summed E-state index contributed by atoms with van der Waals surface area (Å²) < 4.78 is 5.66. The maximum atomic E-state index is 11.7. The van der Waals surface area contributed by atoms with Gasteiger partial charge in [0.15, 0.2) is 0 Å². The number of carbonyl (C=O) groups excluding carboxylic acids is 1. The van der Waals surface area contributed by atoms with Crippen LogP contribution in [-0.2, 0) is 16.0 Å². The molecule has 21 heavy (non-hydrogen) atoms. The first-order chi connectivity index (χ1) is 10.1. The van der Waals surface area contributed by atoms with Crippen LogP contribution in [0.1, 0.15) is 49.3 Å². The van der Waals surface area contributed by atoms with Gasteiger partial charge >= 0.3 is 0 Å². The quantitative estimate of drug-likeness (QED) is 0.926. The minimum Gasteiger partial charge on any atom is -0.378 e. The summed E-state index contributed by atoms with van der Waals surface area (Å²) in [6.45, 7) is 0.902. The SMILES string of the molecule is CN1C(=O)CCc2cc(C(N)CCC3CCCO3)ccc21.